The van der Waals surface area contributed by atoms with Gasteiger partial charge in [-0.15, -0.1) is 0 Å². The summed E-state index contributed by atoms with van der Waals surface area (Å²) in [5, 5.41) is 0. The predicted octanol–water partition coefficient (Wildman–Crippen LogP) is 3.69. The summed E-state index contributed by atoms with van der Waals surface area (Å²) in [5.74, 6) is 2.17. The Kier molecular flexibility index (Phi) is 3.42. The summed E-state index contributed by atoms with van der Waals surface area (Å²) < 4.78 is 11.0. The summed E-state index contributed by atoms with van der Waals surface area (Å²) in [5.41, 5.74) is 8.74. The fraction of sp³-hybridized carbons (Fsp3) is 0.200. The van der Waals surface area contributed by atoms with E-state index in [9.17, 15) is 0 Å². The highest BCUT2D eigenvalue weighted by atomic mass is 16.5. The molecule has 2 aromatic carbocycles. The molecule has 0 saturated carbocycles. The van der Waals surface area contributed by atoms with Gasteiger partial charge in [0, 0.05) is 23.9 Å². The maximum Gasteiger partial charge on any atom is 0.133 e. The molecular weight excluding hydrogens is 226 g/mol. The zero-order chi connectivity index (χ0) is 13.1. The summed E-state index contributed by atoms with van der Waals surface area (Å²) >= 11 is 0. The molecule has 0 heterocycles. The molecule has 0 aliphatic rings. The van der Waals surface area contributed by atoms with Crippen LogP contribution in [0, 0.1) is 13.8 Å². The van der Waals surface area contributed by atoms with Crippen LogP contribution in [-0.4, -0.2) is 7.11 Å². The first kappa shape index (κ1) is 12.3. The summed E-state index contributed by atoms with van der Waals surface area (Å²) in [6, 6.07) is 11.4. The van der Waals surface area contributed by atoms with Crippen molar-refractivity contribution in [1.82, 2.24) is 0 Å². The lowest BCUT2D eigenvalue weighted by Crippen LogP contribution is -1.92. The average molecular weight is 243 g/mol. The Morgan fingerprint density at radius 1 is 0.778 bits per heavy atom. The third-order valence-electron chi connectivity index (χ3n) is 2.57. The van der Waals surface area contributed by atoms with Crippen molar-refractivity contribution in [1.29, 1.82) is 0 Å². The molecule has 0 spiro atoms. The van der Waals surface area contributed by atoms with Gasteiger partial charge in [-0.2, -0.15) is 0 Å². The first-order valence-corrected chi connectivity index (χ1v) is 5.77. The molecule has 2 N–H and O–H groups in total. The van der Waals surface area contributed by atoms with Crippen LogP contribution in [0.1, 0.15) is 11.1 Å². The van der Waals surface area contributed by atoms with Gasteiger partial charge < -0.3 is 15.2 Å². The van der Waals surface area contributed by atoms with Crippen LogP contribution in [0.25, 0.3) is 0 Å². The third kappa shape index (κ3) is 2.94. The number of hydrogen-bond acceptors (Lipinski definition) is 3. The normalized spacial score (nSPS) is 10.2. The lowest BCUT2D eigenvalue weighted by Gasteiger charge is -2.10. The Bertz CT molecular complexity index is 544. The first-order valence-electron chi connectivity index (χ1n) is 5.77. The number of anilines is 1. The van der Waals surface area contributed by atoms with Crippen molar-refractivity contribution in [2.75, 3.05) is 12.8 Å². The van der Waals surface area contributed by atoms with E-state index in [-0.39, 0.29) is 0 Å². The summed E-state index contributed by atoms with van der Waals surface area (Å²) in [4.78, 5) is 0. The molecule has 0 aromatic heterocycles. The van der Waals surface area contributed by atoms with Gasteiger partial charge >= 0.3 is 0 Å². The minimum atomic E-state index is 0.619. The second-order valence-electron chi connectivity index (χ2n) is 4.37. The number of nitrogens with two attached hydrogens (primary N) is 1. The van der Waals surface area contributed by atoms with Crippen LogP contribution in [0.4, 0.5) is 5.69 Å². The predicted molar refractivity (Wildman–Crippen MR) is 73.4 cm³/mol. The minimum Gasteiger partial charge on any atom is -0.497 e. The highest BCUT2D eigenvalue weighted by Gasteiger charge is 2.03. The molecule has 0 saturated heterocycles. The van der Waals surface area contributed by atoms with E-state index in [1.54, 1.807) is 19.2 Å². The minimum absolute atomic E-state index is 0.619. The lowest BCUT2D eigenvalue weighted by molar-refractivity contribution is 0.409. The first-order chi connectivity index (χ1) is 8.56. The van der Waals surface area contributed by atoms with Gasteiger partial charge in [0.25, 0.3) is 0 Å². The largest absolute Gasteiger partial charge is 0.497 e. The van der Waals surface area contributed by atoms with Crippen molar-refractivity contribution in [3.8, 4) is 17.2 Å². The molecule has 0 atom stereocenters. The molecule has 0 fully saturated rings. The molecule has 0 aliphatic carbocycles. The number of nitrogen functional groups attached to an aromatic ring is 1. The lowest BCUT2D eigenvalue weighted by atomic mass is 10.1. The van der Waals surface area contributed by atoms with Gasteiger partial charge in [0.2, 0.25) is 0 Å². The maximum absolute atomic E-state index is 5.80. The molecule has 2 rings (SSSR count). The zero-order valence-corrected chi connectivity index (χ0v) is 10.9. The Morgan fingerprint density at radius 2 is 1.33 bits per heavy atom. The van der Waals surface area contributed by atoms with Crippen molar-refractivity contribution in [2.45, 2.75) is 13.8 Å². The maximum atomic E-state index is 5.80. The number of aryl methyl sites for hydroxylation is 2. The topological polar surface area (TPSA) is 44.5 Å². The second kappa shape index (κ2) is 5.00. The van der Waals surface area contributed by atoms with Crippen LogP contribution in [0.15, 0.2) is 36.4 Å². The van der Waals surface area contributed by atoms with Crippen molar-refractivity contribution in [3.63, 3.8) is 0 Å². The van der Waals surface area contributed by atoms with Gasteiger partial charge in [-0.25, -0.2) is 0 Å². The van der Waals surface area contributed by atoms with Crippen LogP contribution in [0.3, 0.4) is 0 Å². The fourth-order valence-corrected chi connectivity index (χ4v) is 1.90. The van der Waals surface area contributed by atoms with Crippen LogP contribution < -0.4 is 15.2 Å². The molecule has 94 valence electrons. The van der Waals surface area contributed by atoms with E-state index in [2.05, 4.69) is 6.07 Å². The smallest absolute Gasteiger partial charge is 0.133 e. The molecule has 3 nitrogen and oxygen atoms in total. The molecule has 18 heavy (non-hydrogen) atoms. The second-order valence-corrected chi connectivity index (χ2v) is 4.37. The Balaban J connectivity index is 2.30. The number of hydrogen-bond donors (Lipinski definition) is 1. The van der Waals surface area contributed by atoms with Gasteiger partial charge in [-0.1, -0.05) is 6.07 Å². The van der Waals surface area contributed by atoms with E-state index in [0.717, 1.165) is 5.75 Å². The molecule has 2 aromatic rings. The molecule has 0 amide bonds. The Hall–Kier alpha value is -2.16. The van der Waals surface area contributed by atoms with Gasteiger partial charge in [-0.05, 0) is 37.1 Å². The Labute approximate surface area is 107 Å². The van der Waals surface area contributed by atoms with Crippen molar-refractivity contribution in [3.05, 3.63) is 47.5 Å². The molecular formula is C15H17NO2. The zero-order valence-electron chi connectivity index (χ0n) is 10.9. The quantitative estimate of drug-likeness (QED) is 0.836. The third-order valence-corrected chi connectivity index (χ3v) is 2.57. The molecule has 0 bridgehead atoms. The highest BCUT2D eigenvalue weighted by molar-refractivity contribution is 5.51. The van der Waals surface area contributed by atoms with Gasteiger partial charge in [-0.3, -0.25) is 0 Å². The molecule has 0 aliphatic heterocycles. The molecule has 0 radical (unpaired) electrons. The Morgan fingerprint density at radius 3 is 1.94 bits per heavy atom. The van der Waals surface area contributed by atoms with E-state index in [0.29, 0.717) is 17.2 Å². The summed E-state index contributed by atoms with van der Waals surface area (Å²) in [7, 11) is 1.61. The average Bonchev–Trinajstić information content (AvgIpc) is 2.26. The van der Waals surface area contributed by atoms with Gasteiger partial charge in [0.05, 0.1) is 7.11 Å². The number of rotatable bonds is 3. The van der Waals surface area contributed by atoms with Crippen molar-refractivity contribution >= 4 is 5.69 Å². The van der Waals surface area contributed by atoms with Crippen molar-refractivity contribution < 1.29 is 9.47 Å². The van der Waals surface area contributed by atoms with Crippen LogP contribution in [0.2, 0.25) is 0 Å². The van der Waals surface area contributed by atoms with Crippen LogP contribution in [0.5, 0.6) is 17.2 Å². The summed E-state index contributed by atoms with van der Waals surface area (Å²) in [6.45, 7) is 4.08. The molecule has 0 unspecified atom stereocenters. The van der Waals surface area contributed by atoms with Crippen LogP contribution in [-0.2, 0) is 0 Å². The van der Waals surface area contributed by atoms with Crippen molar-refractivity contribution in [2.24, 2.45) is 0 Å². The van der Waals surface area contributed by atoms with E-state index < -0.39 is 0 Å². The monoisotopic (exact) mass is 243 g/mol. The van der Waals surface area contributed by atoms with E-state index in [4.69, 9.17) is 15.2 Å². The number of methoxy groups -OCH3 is 1. The highest BCUT2D eigenvalue weighted by Crippen LogP contribution is 2.29. The molecule has 3 heteroatoms. The number of benzene rings is 2. The van der Waals surface area contributed by atoms with Gasteiger partial charge in [0.15, 0.2) is 0 Å². The van der Waals surface area contributed by atoms with Gasteiger partial charge in [0.1, 0.15) is 17.2 Å². The van der Waals surface area contributed by atoms with E-state index in [1.165, 1.54) is 11.1 Å². The van der Waals surface area contributed by atoms with Crippen LogP contribution >= 0.6 is 0 Å². The van der Waals surface area contributed by atoms with E-state index in [1.807, 2.05) is 32.0 Å². The standard InChI is InChI=1S/C15H17NO2/c1-10-4-11(2)6-14(5-10)18-15-8-12(16)7-13(9-15)17-3/h4-9H,16H2,1-3H3. The SMILES string of the molecule is COc1cc(N)cc(Oc2cc(C)cc(C)c2)c1. The summed E-state index contributed by atoms with van der Waals surface area (Å²) in [6.07, 6.45) is 0. The number of ether oxygens (including phenoxy) is 2. The van der Waals surface area contributed by atoms with E-state index >= 15 is 0 Å². The fourth-order valence-electron chi connectivity index (χ4n) is 1.90.